The van der Waals surface area contributed by atoms with E-state index in [1.165, 1.54) is 24.9 Å². The predicted octanol–water partition coefficient (Wildman–Crippen LogP) is 3.22. The molecule has 1 saturated heterocycles. The lowest BCUT2D eigenvalue weighted by Crippen LogP contribution is -2.43. The van der Waals surface area contributed by atoms with Crippen LogP contribution in [-0.2, 0) is 0 Å². The number of likely N-dealkylation sites (N-methyl/N-ethyl adjacent to an activating group) is 1. The summed E-state index contributed by atoms with van der Waals surface area (Å²) in [5.74, 6) is 0.922. The van der Waals surface area contributed by atoms with Gasteiger partial charge in [0, 0.05) is 18.1 Å². The lowest BCUT2D eigenvalue weighted by Gasteiger charge is -2.35. The first-order valence-electron chi connectivity index (χ1n) is 7.69. The molecule has 1 unspecified atom stereocenters. The van der Waals surface area contributed by atoms with Crippen LogP contribution < -0.4 is 10.1 Å². The van der Waals surface area contributed by atoms with Crippen molar-refractivity contribution in [2.75, 3.05) is 26.7 Å². The second kappa shape index (κ2) is 6.59. The summed E-state index contributed by atoms with van der Waals surface area (Å²) in [5, 5.41) is 3.62. The monoisotopic (exact) mass is 276 g/mol. The molecule has 1 aromatic rings. The molecule has 0 radical (unpaired) electrons. The Balaban J connectivity index is 2.09. The zero-order valence-electron chi connectivity index (χ0n) is 13.3. The highest BCUT2D eigenvalue weighted by Crippen LogP contribution is 2.30. The summed E-state index contributed by atoms with van der Waals surface area (Å²) >= 11 is 0. The normalized spacial score (nSPS) is 20.0. The van der Waals surface area contributed by atoms with E-state index in [1.54, 1.807) is 7.11 Å². The number of ether oxygens (including phenoxy) is 1. The van der Waals surface area contributed by atoms with Crippen LogP contribution in [0, 0.1) is 0 Å². The average Bonchev–Trinajstić information content (AvgIpc) is 2.77. The maximum absolute atomic E-state index is 5.24. The molecular weight excluding hydrogens is 248 g/mol. The van der Waals surface area contributed by atoms with Gasteiger partial charge in [-0.1, -0.05) is 19.1 Å². The Labute approximate surface area is 123 Å². The molecule has 1 aliphatic rings. The molecular formula is C17H28N2O. The van der Waals surface area contributed by atoms with Crippen LogP contribution in [0.1, 0.15) is 45.2 Å². The van der Waals surface area contributed by atoms with Gasteiger partial charge in [0.1, 0.15) is 5.75 Å². The third-order valence-corrected chi connectivity index (χ3v) is 4.44. The first-order valence-corrected chi connectivity index (χ1v) is 7.69. The minimum atomic E-state index is 0.333. The zero-order chi connectivity index (χ0) is 14.6. The average molecular weight is 276 g/mol. The number of rotatable bonds is 6. The van der Waals surface area contributed by atoms with Crippen LogP contribution >= 0.6 is 0 Å². The fourth-order valence-electron chi connectivity index (χ4n) is 3.09. The van der Waals surface area contributed by atoms with Crippen LogP contribution in [0.4, 0.5) is 0 Å². The van der Waals surface area contributed by atoms with Gasteiger partial charge in [0.2, 0.25) is 0 Å². The maximum Gasteiger partial charge on any atom is 0.118 e. The second-order valence-corrected chi connectivity index (χ2v) is 6.25. The van der Waals surface area contributed by atoms with Gasteiger partial charge in [0.05, 0.1) is 7.11 Å². The molecule has 0 spiro atoms. The highest BCUT2D eigenvalue weighted by Gasteiger charge is 2.33. The van der Waals surface area contributed by atoms with Crippen molar-refractivity contribution >= 4 is 0 Å². The topological polar surface area (TPSA) is 24.5 Å². The SMILES string of the molecule is CCNC(CN1CCCC1(C)C)c1ccc(OC)cc1. The number of methoxy groups -OCH3 is 1. The molecule has 3 heteroatoms. The van der Waals surface area contributed by atoms with E-state index in [9.17, 15) is 0 Å². The quantitative estimate of drug-likeness (QED) is 0.863. The summed E-state index contributed by atoms with van der Waals surface area (Å²) in [5.41, 5.74) is 1.68. The first kappa shape index (κ1) is 15.3. The van der Waals surface area contributed by atoms with E-state index in [0.29, 0.717) is 11.6 Å². The molecule has 0 saturated carbocycles. The van der Waals surface area contributed by atoms with Crippen molar-refractivity contribution in [1.82, 2.24) is 10.2 Å². The maximum atomic E-state index is 5.24. The third-order valence-electron chi connectivity index (χ3n) is 4.44. The Bertz CT molecular complexity index is 414. The van der Waals surface area contributed by atoms with E-state index in [4.69, 9.17) is 4.74 Å². The summed E-state index contributed by atoms with van der Waals surface area (Å²) < 4.78 is 5.24. The summed E-state index contributed by atoms with van der Waals surface area (Å²) in [6, 6.07) is 8.84. The predicted molar refractivity (Wildman–Crippen MR) is 84.3 cm³/mol. The van der Waals surface area contributed by atoms with E-state index < -0.39 is 0 Å². The largest absolute Gasteiger partial charge is 0.497 e. The Hall–Kier alpha value is -1.06. The highest BCUT2D eigenvalue weighted by atomic mass is 16.5. The molecule has 0 amide bonds. The highest BCUT2D eigenvalue weighted by molar-refractivity contribution is 5.29. The second-order valence-electron chi connectivity index (χ2n) is 6.25. The minimum Gasteiger partial charge on any atom is -0.497 e. The van der Waals surface area contributed by atoms with Gasteiger partial charge in [-0.2, -0.15) is 0 Å². The van der Waals surface area contributed by atoms with E-state index >= 15 is 0 Å². The van der Waals surface area contributed by atoms with Crippen LogP contribution in [0.2, 0.25) is 0 Å². The molecule has 1 fully saturated rings. The van der Waals surface area contributed by atoms with Crippen molar-refractivity contribution in [3.63, 3.8) is 0 Å². The van der Waals surface area contributed by atoms with Gasteiger partial charge >= 0.3 is 0 Å². The molecule has 1 aliphatic heterocycles. The van der Waals surface area contributed by atoms with Crippen LogP contribution in [0.3, 0.4) is 0 Å². The van der Waals surface area contributed by atoms with Crippen molar-refractivity contribution in [2.45, 2.75) is 45.2 Å². The molecule has 112 valence electrons. The molecule has 20 heavy (non-hydrogen) atoms. The molecule has 0 bridgehead atoms. The fourth-order valence-corrected chi connectivity index (χ4v) is 3.09. The van der Waals surface area contributed by atoms with Crippen molar-refractivity contribution in [3.8, 4) is 5.75 Å². The first-order chi connectivity index (χ1) is 9.56. The Morgan fingerprint density at radius 3 is 2.50 bits per heavy atom. The van der Waals surface area contributed by atoms with Crippen molar-refractivity contribution in [3.05, 3.63) is 29.8 Å². The third kappa shape index (κ3) is 3.53. The Kier molecular flexibility index (Phi) is 5.06. The fraction of sp³-hybridized carbons (Fsp3) is 0.647. The number of hydrogen-bond donors (Lipinski definition) is 1. The van der Waals surface area contributed by atoms with Crippen molar-refractivity contribution in [2.24, 2.45) is 0 Å². The summed E-state index contributed by atoms with van der Waals surface area (Å²) in [4.78, 5) is 2.62. The summed E-state index contributed by atoms with van der Waals surface area (Å²) in [6.45, 7) is 10.2. The number of hydrogen-bond acceptors (Lipinski definition) is 3. The number of nitrogens with one attached hydrogen (secondary N) is 1. The van der Waals surface area contributed by atoms with Gasteiger partial charge in [-0.25, -0.2) is 0 Å². The summed E-state index contributed by atoms with van der Waals surface area (Å²) in [6.07, 6.45) is 2.61. The van der Waals surface area contributed by atoms with E-state index in [0.717, 1.165) is 18.8 Å². The van der Waals surface area contributed by atoms with Gasteiger partial charge in [-0.3, -0.25) is 4.90 Å². The van der Waals surface area contributed by atoms with Crippen LogP contribution in [-0.4, -0.2) is 37.2 Å². The van der Waals surface area contributed by atoms with E-state index in [1.807, 2.05) is 0 Å². The van der Waals surface area contributed by atoms with Crippen molar-refractivity contribution < 1.29 is 4.74 Å². The van der Waals surface area contributed by atoms with Gasteiger partial charge in [-0.05, 0) is 57.5 Å². The van der Waals surface area contributed by atoms with Gasteiger partial charge in [-0.15, -0.1) is 0 Å². The lowest BCUT2D eigenvalue weighted by atomic mass is 10.00. The standard InChI is InChI=1S/C17H28N2O/c1-5-18-16(13-19-12-6-11-17(19,2)3)14-7-9-15(20-4)10-8-14/h7-10,16,18H,5-6,11-13H2,1-4H3. The number of benzene rings is 1. The minimum absolute atomic E-state index is 0.333. The van der Waals surface area contributed by atoms with Gasteiger partial charge in [0.25, 0.3) is 0 Å². The van der Waals surface area contributed by atoms with Crippen LogP contribution in [0.25, 0.3) is 0 Å². The number of likely N-dealkylation sites (tertiary alicyclic amines) is 1. The van der Waals surface area contributed by atoms with E-state index in [2.05, 4.69) is 55.3 Å². The molecule has 2 rings (SSSR count). The molecule has 1 aromatic carbocycles. The molecule has 0 aliphatic carbocycles. The van der Waals surface area contributed by atoms with Gasteiger partial charge < -0.3 is 10.1 Å². The van der Waals surface area contributed by atoms with Gasteiger partial charge in [0.15, 0.2) is 0 Å². The molecule has 0 aromatic heterocycles. The molecule has 3 nitrogen and oxygen atoms in total. The zero-order valence-corrected chi connectivity index (χ0v) is 13.3. The molecule has 1 heterocycles. The Morgan fingerprint density at radius 1 is 1.30 bits per heavy atom. The Morgan fingerprint density at radius 2 is 2.00 bits per heavy atom. The van der Waals surface area contributed by atoms with Crippen LogP contribution in [0.15, 0.2) is 24.3 Å². The smallest absolute Gasteiger partial charge is 0.118 e. The van der Waals surface area contributed by atoms with Crippen molar-refractivity contribution in [1.29, 1.82) is 0 Å². The summed E-state index contributed by atoms with van der Waals surface area (Å²) in [7, 11) is 1.71. The molecule has 1 atom stereocenters. The molecule has 1 N–H and O–H groups in total. The number of nitrogens with zero attached hydrogens (tertiary/aromatic N) is 1. The van der Waals surface area contributed by atoms with Crippen LogP contribution in [0.5, 0.6) is 5.75 Å². The lowest BCUT2D eigenvalue weighted by molar-refractivity contribution is 0.157. The van der Waals surface area contributed by atoms with E-state index in [-0.39, 0.29) is 0 Å².